The Labute approximate surface area is 219 Å². The molecule has 1 aliphatic rings. The fourth-order valence-corrected chi connectivity index (χ4v) is 5.89. The number of benzene rings is 1. The van der Waals surface area contributed by atoms with Gasteiger partial charge in [0.15, 0.2) is 10.0 Å². The van der Waals surface area contributed by atoms with Crippen LogP contribution in [-0.2, 0) is 23.4 Å². The van der Waals surface area contributed by atoms with Gasteiger partial charge in [0.25, 0.3) is 5.56 Å². The Balaban J connectivity index is 1.84. The number of para-hydroxylation sites is 1. The first-order valence-electron chi connectivity index (χ1n) is 10.8. The van der Waals surface area contributed by atoms with E-state index in [1.807, 2.05) is 0 Å². The summed E-state index contributed by atoms with van der Waals surface area (Å²) in [5, 5.41) is 13.4. The number of hydrogen-bond donors (Lipinski definition) is 3. The van der Waals surface area contributed by atoms with Gasteiger partial charge in [-0.3, -0.25) is 23.7 Å². The summed E-state index contributed by atoms with van der Waals surface area (Å²) in [4.78, 5) is 38.1. The molecule has 36 heavy (non-hydrogen) atoms. The summed E-state index contributed by atoms with van der Waals surface area (Å²) in [7, 11) is -4.29. The maximum absolute atomic E-state index is 13.7. The predicted molar refractivity (Wildman–Crippen MR) is 133 cm³/mol. The largest absolute Gasteiger partial charge is 0.465 e. The van der Waals surface area contributed by atoms with Gasteiger partial charge in [-0.15, -0.1) is 0 Å². The fraction of sp³-hybridized carbons (Fsp3) is 0.476. The molecule has 0 aliphatic carbocycles. The maximum atomic E-state index is 13.7. The summed E-state index contributed by atoms with van der Waals surface area (Å²) in [6.07, 6.45) is -2.78. The van der Waals surface area contributed by atoms with Crippen molar-refractivity contribution in [3.8, 4) is 5.75 Å². The first-order valence-corrected chi connectivity index (χ1v) is 13.5. The number of aromatic amines is 1. The minimum Gasteiger partial charge on any atom is -0.465 e. The highest BCUT2D eigenvalue weighted by atomic mass is 79.9. The molecule has 1 aromatic heterocycles. The molecule has 2 aromatic rings. The predicted octanol–water partition coefficient (Wildman–Crippen LogP) is 2.26. The lowest BCUT2D eigenvalue weighted by atomic mass is 10.1. The van der Waals surface area contributed by atoms with Gasteiger partial charge in [-0.1, -0.05) is 45.7 Å². The van der Waals surface area contributed by atoms with Gasteiger partial charge in [0, 0.05) is 12.3 Å². The van der Waals surface area contributed by atoms with Crippen LogP contribution in [0.4, 0.5) is 0 Å². The van der Waals surface area contributed by atoms with E-state index < -0.39 is 59.3 Å². The van der Waals surface area contributed by atoms with E-state index >= 15 is 0 Å². The smallest absolute Gasteiger partial charge is 0.459 e. The molecular weight excluding hydrogens is 585 g/mol. The van der Waals surface area contributed by atoms with Crippen LogP contribution < -0.4 is 20.9 Å². The van der Waals surface area contributed by atoms with Crippen molar-refractivity contribution >= 4 is 41.2 Å². The lowest BCUT2D eigenvalue weighted by Crippen LogP contribution is -2.47. The molecule has 1 aromatic carbocycles. The Morgan fingerprint density at radius 1 is 1.33 bits per heavy atom. The first kappa shape index (κ1) is 28.6. The van der Waals surface area contributed by atoms with Gasteiger partial charge in [-0.2, -0.15) is 5.09 Å². The second-order valence-corrected chi connectivity index (χ2v) is 12.4. The Bertz CT molecular complexity index is 1240. The minimum atomic E-state index is -4.29. The van der Waals surface area contributed by atoms with Crippen molar-refractivity contribution in [2.45, 2.75) is 48.5 Å². The van der Waals surface area contributed by atoms with E-state index in [4.69, 9.17) is 30.1 Å². The summed E-state index contributed by atoms with van der Waals surface area (Å²) >= 11 is 9.61. The summed E-state index contributed by atoms with van der Waals surface area (Å²) in [5.41, 5.74) is -2.92. The van der Waals surface area contributed by atoms with E-state index in [9.17, 15) is 24.1 Å². The molecular formula is C21H26BrClN3O9P. The SMILES string of the molecule is CCOC(=O)C(C)(C)NP(=O)(OC[C@H]1O[C@@H](n2ccc(=O)[nH]c2=O)[C@](Cl)(Br)[C@@H]1O)Oc1ccccc1. The number of hydrogen-bond acceptors (Lipinski definition) is 9. The van der Waals surface area contributed by atoms with Gasteiger partial charge in [-0.25, -0.2) is 9.36 Å². The molecule has 12 nitrogen and oxygen atoms in total. The number of aliphatic hydroxyl groups excluding tert-OH is 1. The Morgan fingerprint density at radius 2 is 2.00 bits per heavy atom. The molecule has 5 atom stereocenters. The number of alkyl halides is 2. The van der Waals surface area contributed by atoms with Gasteiger partial charge >= 0.3 is 19.4 Å². The van der Waals surface area contributed by atoms with Gasteiger partial charge in [-0.05, 0) is 32.9 Å². The number of esters is 1. The highest BCUT2D eigenvalue weighted by molar-refractivity contribution is 9.10. The fourth-order valence-electron chi connectivity index (χ4n) is 3.29. The number of carbonyl (C=O) groups is 1. The number of nitrogens with one attached hydrogen (secondary N) is 2. The zero-order valence-electron chi connectivity index (χ0n) is 19.6. The molecule has 2 heterocycles. The van der Waals surface area contributed by atoms with E-state index in [0.717, 1.165) is 16.8 Å². The van der Waals surface area contributed by atoms with Crippen molar-refractivity contribution in [2.75, 3.05) is 13.2 Å². The van der Waals surface area contributed by atoms with E-state index in [1.54, 1.807) is 25.1 Å². The molecule has 0 spiro atoms. The van der Waals surface area contributed by atoms with Crippen LogP contribution in [0.3, 0.4) is 0 Å². The standard InChI is InChI=1S/C21H26BrClN3O9P/c1-4-32-18(29)20(2,3)25-36(31,35-13-8-6-5-7-9-13)33-12-14-16(28)21(22,23)17(34-14)26-11-10-15(27)24-19(26)30/h5-11,14,16-17,28H,4,12H2,1-3H3,(H,25,31)(H,24,27,30)/t14-,16-,17-,21+,36?/m1/s1. The van der Waals surface area contributed by atoms with E-state index in [1.165, 1.54) is 26.0 Å². The van der Waals surface area contributed by atoms with Crippen LogP contribution >= 0.6 is 35.3 Å². The highest BCUT2D eigenvalue weighted by Crippen LogP contribution is 2.50. The summed E-state index contributed by atoms with van der Waals surface area (Å²) in [6, 6.07) is 9.20. The van der Waals surface area contributed by atoms with Gasteiger partial charge in [0.05, 0.1) is 13.2 Å². The number of aliphatic hydroxyl groups is 1. The van der Waals surface area contributed by atoms with Gasteiger partial charge in [0.1, 0.15) is 23.5 Å². The summed E-state index contributed by atoms with van der Waals surface area (Å²) in [5.74, 6) is -0.508. The summed E-state index contributed by atoms with van der Waals surface area (Å²) in [6.45, 7) is 4.09. The van der Waals surface area contributed by atoms with Crippen LogP contribution in [0.2, 0.25) is 0 Å². The number of rotatable bonds is 10. The molecule has 15 heteroatoms. The molecule has 1 aliphatic heterocycles. The zero-order chi connectivity index (χ0) is 26.7. The van der Waals surface area contributed by atoms with Crippen LogP contribution in [0.1, 0.15) is 27.0 Å². The molecule has 3 N–H and O–H groups in total. The number of nitrogens with zero attached hydrogens (tertiary/aromatic N) is 1. The van der Waals surface area contributed by atoms with Crippen molar-refractivity contribution < 1.29 is 33.0 Å². The van der Waals surface area contributed by atoms with E-state index in [-0.39, 0.29) is 12.4 Å². The maximum Gasteiger partial charge on any atom is 0.459 e. The molecule has 1 saturated heterocycles. The zero-order valence-corrected chi connectivity index (χ0v) is 22.8. The first-order chi connectivity index (χ1) is 16.8. The van der Waals surface area contributed by atoms with Gasteiger partial charge in [0.2, 0.25) is 0 Å². The molecule has 0 amide bonds. The second kappa shape index (κ2) is 11.2. The third-order valence-corrected chi connectivity index (χ3v) is 8.11. The lowest BCUT2D eigenvalue weighted by Gasteiger charge is -2.29. The molecule has 0 bridgehead atoms. The Morgan fingerprint density at radius 3 is 2.61 bits per heavy atom. The van der Waals surface area contributed by atoms with Crippen LogP contribution in [-0.4, -0.2) is 55.4 Å². The topological polar surface area (TPSA) is 158 Å². The van der Waals surface area contributed by atoms with Crippen molar-refractivity contribution in [3.63, 3.8) is 0 Å². The van der Waals surface area contributed by atoms with Crippen LogP contribution in [0.15, 0.2) is 52.2 Å². The van der Waals surface area contributed by atoms with Crippen molar-refractivity contribution in [2.24, 2.45) is 0 Å². The lowest BCUT2D eigenvalue weighted by molar-refractivity contribution is -0.149. The molecule has 0 radical (unpaired) electrons. The normalized spacial score (nSPS) is 25.8. The molecule has 1 unspecified atom stereocenters. The summed E-state index contributed by atoms with van der Waals surface area (Å²) < 4.78 is 35.0. The quantitative estimate of drug-likeness (QED) is 0.207. The number of H-pyrrole nitrogens is 1. The highest BCUT2D eigenvalue weighted by Gasteiger charge is 2.56. The van der Waals surface area contributed by atoms with Crippen LogP contribution in [0, 0.1) is 0 Å². The molecule has 1 fully saturated rings. The average molecular weight is 611 g/mol. The van der Waals surface area contributed by atoms with Crippen LogP contribution in [0.5, 0.6) is 5.75 Å². The van der Waals surface area contributed by atoms with Gasteiger partial charge < -0.3 is 19.1 Å². The monoisotopic (exact) mass is 609 g/mol. The number of halogens is 2. The third-order valence-electron chi connectivity index (χ3n) is 5.06. The van der Waals surface area contributed by atoms with E-state index in [2.05, 4.69) is 26.0 Å². The molecule has 0 saturated carbocycles. The van der Waals surface area contributed by atoms with Crippen molar-refractivity contribution in [3.05, 3.63) is 63.4 Å². The Hall–Kier alpha value is -1.99. The van der Waals surface area contributed by atoms with Crippen LogP contribution in [0.25, 0.3) is 0 Å². The number of carbonyl (C=O) groups excluding carboxylic acids is 1. The minimum absolute atomic E-state index is 0.102. The number of aromatic nitrogens is 2. The third kappa shape index (κ3) is 6.46. The van der Waals surface area contributed by atoms with E-state index in [0.29, 0.717) is 0 Å². The Kier molecular flexibility index (Phi) is 8.87. The van der Waals surface area contributed by atoms with Crippen molar-refractivity contribution in [1.29, 1.82) is 0 Å². The molecule has 198 valence electrons. The average Bonchev–Trinajstić information content (AvgIpc) is 3.01. The van der Waals surface area contributed by atoms with Crippen molar-refractivity contribution in [1.82, 2.24) is 14.6 Å². The second-order valence-electron chi connectivity index (χ2n) is 8.32. The molecule has 3 rings (SSSR count). The number of ether oxygens (including phenoxy) is 2.